The van der Waals surface area contributed by atoms with E-state index in [0.29, 0.717) is 29.4 Å². The van der Waals surface area contributed by atoms with Crippen LogP contribution in [-0.4, -0.2) is 76.0 Å². The van der Waals surface area contributed by atoms with E-state index >= 15 is 8.78 Å². The molecule has 2 saturated heterocycles. The number of benzene rings is 3. The van der Waals surface area contributed by atoms with Gasteiger partial charge >= 0.3 is 0 Å². The molecule has 0 bridgehead atoms. The Kier molecular flexibility index (Phi) is 12.4. The van der Waals surface area contributed by atoms with Gasteiger partial charge in [0.25, 0.3) is 0 Å². The van der Waals surface area contributed by atoms with Gasteiger partial charge in [-0.3, -0.25) is 19.5 Å². The molecule has 3 aromatic carbocycles. The molecule has 2 spiro atoms. The summed E-state index contributed by atoms with van der Waals surface area (Å²) in [7, 11) is 3.41. The number of aliphatic imine (C=N–C) groups is 1. The Balaban J connectivity index is 0.883. The largest absolute Gasteiger partial charge is 0.371 e. The smallest absolute Gasteiger partial charge is 0.219 e. The number of halogens is 3. The fourth-order valence-corrected chi connectivity index (χ4v) is 12.0. The van der Waals surface area contributed by atoms with Crippen LogP contribution in [0.1, 0.15) is 129 Å². The molecule has 2 saturated carbocycles. The first-order chi connectivity index (χ1) is 28.6. The number of hydrogen-bond donors (Lipinski definition) is 1. The predicted molar refractivity (Wildman–Crippen MR) is 234 cm³/mol. The van der Waals surface area contributed by atoms with E-state index in [4.69, 9.17) is 4.99 Å². The summed E-state index contributed by atoms with van der Waals surface area (Å²) >= 11 is 3.65. The highest BCUT2D eigenvalue weighted by atomic mass is 79.9. The highest BCUT2D eigenvalue weighted by molar-refractivity contribution is 9.10. The third kappa shape index (κ3) is 8.03. The Bertz CT molecular complexity index is 2060. The van der Waals surface area contributed by atoms with Crippen LogP contribution in [0.4, 0.5) is 25.8 Å². The fraction of sp³-hybridized carbons (Fsp3) is 0.542. The number of nitrogens with zero attached hydrogens (tertiary/aromatic N) is 4. The zero-order valence-electron chi connectivity index (χ0n) is 34.6. The second-order valence-electron chi connectivity index (χ2n) is 18.1. The van der Waals surface area contributed by atoms with Gasteiger partial charge in [-0.1, -0.05) is 37.5 Å². The molecule has 1 unspecified atom stereocenters. The molecule has 11 heteroatoms. The van der Waals surface area contributed by atoms with Gasteiger partial charge in [-0.05, 0) is 152 Å². The van der Waals surface area contributed by atoms with Crippen LogP contribution in [0.3, 0.4) is 0 Å². The molecule has 3 aromatic rings. The number of amidine groups is 1. The van der Waals surface area contributed by atoms with Crippen LogP contribution in [0, 0.1) is 23.0 Å². The number of carbonyl (C=O) groups excluding carboxylic acids is 3. The number of nitrogens with one attached hydrogen (secondary N) is 1. The van der Waals surface area contributed by atoms with Crippen molar-refractivity contribution in [3.05, 3.63) is 86.9 Å². The highest BCUT2D eigenvalue weighted by Crippen LogP contribution is 2.55. The monoisotopic (exact) mass is 869 g/mol. The lowest BCUT2D eigenvalue weighted by atomic mass is 9.69. The maximum Gasteiger partial charge on any atom is 0.219 e. The molecule has 8 rings (SSSR count). The van der Waals surface area contributed by atoms with Crippen molar-refractivity contribution in [2.45, 2.75) is 107 Å². The molecule has 5 aliphatic rings. The van der Waals surface area contributed by atoms with E-state index in [0.717, 1.165) is 87.1 Å². The summed E-state index contributed by atoms with van der Waals surface area (Å²) in [4.78, 5) is 47.9. The van der Waals surface area contributed by atoms with E-state index < -0.39 is 17.6 Å². The zero-order valence-corrected chi connectivity index (χ0v) is 36.2. The molecule has 0 aromatic heterocycles. The fourth-order valence-electron chi connectivity index (χ4n) is 11.5. The number of likely N-dealkylation sites (tertiary alicyclic amines) is 1. The minimum atomic E-state index is -1.00. The number of anilines is 3. The zero-order chi connectivity index (χ0) is 41.3. The Morgan fingerprint density at radius 2 is 1.64 bits per heavy atom. The van der Waals surface area contributed by atoms with Crippen LogP contribution < -0.4 is 15.1 Å². The third-order valence-electron chi connectivity index (χ3n) is 14.8. The van der Waals surface area contributed by atoms with Crippen molar-refractivity contribution in [1.29, 1.82) is 0 Å². The van der Waals surface area contributed by atoms with Crippen LogP contribution in [0.25, 0.3) is 0 Å². The maximum absolute atomic E-state index is 15.4. The topological polar surface area (TPSA) is 85.3 Å². The minimum Gasteiger partial charge on any atom is -0.371 e. The van der Waals surface area contributed by atoms with E-state index in [1.165, 1.54) is 80.9 Å². The van der Waals surface area contributed by atoms with Crippen molar-refractivity contribution in [3.8, 4) is 0 Å². The summed E-state index contributed by atoms with van der Waals surface area (Å²) in [5.74, 6) is -0.476. The summed E-state index contributed by atoms with van der Waals surface area (Å²) in [5, 5.41) is 2.49. The van der Waals surface area contributed by atoms with Crippen molar-refractivity contribution < 1.29 is 23.2 Å². The summed E-state index contributed by atoms with van der Waals surface area (Å²) < 4.78 is 31.5. The SMILES string of the molecule is CN=C1N(c2cccc(Br)c2C=O)c2cc(C3CCC(CN4CCC5(CC4)CCN(c4cc(F)c(C(C=O)CCC(=O)NC)c(F)c4)C5)CC3)ccc2C12CCCCC2. The van der Waals surface area contributed by atoms with Crippen LogP contribution in [0.15, 0.2) is 58.0 Å². The number of amides is 1. The highest BCUT2D eigenvalue weighted by Gasteiger charge is 2.50. The van der Waals surface area contributed by atoms with E-state index in [2.05, 4.69) is 60.2 Å². The average Bonchev–Trinajstić information content (AvgIpc) is 3.78. The molecule has 8 nitrogen and oxygen atoms in total. The number of rotatable bonds is 11. The molecule has 3 aliphatic heterocycles. The molecule has 1 amide bonds. The van der Waals surface area contributed by atoms with E-state index in [1.54, 1.807) is 0 Å². The third-order valence-corrected chi connectivity index (χ3v) is 15.5. The van der Waals surface area contributed by atoms with Gasteiger partial charge < -0.3 is 19.9 Å². The summed E-state index contributed by atoms with van der Waals surface area (Å²) in [6.45, 7) is 4.75. The van der Waals surface area contributed by atoms with Gasteiger partial charge in [-0.25, -0.2) is 8.78 Å². The van der Waals surface area contributed by atoms with Crippen LogP contribution in [0.2, 0.25) is 0 Å². The first kappa shape index (κ1) is 41.8. The van der Waals surface area contributed by atoms with Crippen LogP contribution in [0.5, 0.6) is 0 Å². The van der Waals surface area contributed by atoms with Crippen LogP contribution in [-0.2, 0) is 15.0 Å². The Morgan fingerprint density at radius 3 is 2.31 bits per heavy atom. The lowest BCUT2D eigenvalue weighted by Gasteiger charge is -2.41. The predicted octanol–water partition coefficient (Wildman–Crippen LogP) is 10.00. The molecule has 0 radical (unpaired) electrons. The lowest BCUT2D eigenvalue weighted by Crippen LogP contribution is -2.43. The number of fused-ring (bicyclic) bond motifs is 2. The second kappa shape index (κ2) is 17.6. The Morgan fingerprint density at radius 1 is 0.932 bits per heavy atom. The van der Waals surface area contributed by atoms with Crippen molar-refractivity contribution >= 4 is 57.3 Å². The summed E-state index contributed by atoms with van der Waals surface area (Å²) in [6.07, 6.45) is 15.3. The Hall–Kier alpha value is -3.96. The summed E-state index contributed by atoms with van der Waals surface area (Å²) in [6, 6.07) is 15.9. The van der Waals surface area contributed by atoms with Crippen molar-refractivity contribution in [1.82, 2.24) is 10.2 Å². The molecule has 59 heavy (non-hydrogen) atoms. The molecule has 3 heterocycles. The van der Waals surface area contributed by atoms with Gasteiger partial charge in [-0.15, -0.1) is 0 Å². The normalized spacial score (nSPS) is 23.8. The molecule has 314 valence electrons. The van der Waals surface area contributed by atoms with Gasteiger partial charge in [-0.2, -0.15) is 0 Å². The molecular formula is C48H58BrF2N5O3. The lowest BCUT2D eigenvalue weighted by molar-refractivity contribution is -0.120. The maximum atomic E-state index is 15.4. The van der Waals surface area contributed by atoms with Gasteiger partial charge in [0.05, 0.1) is 22.4 Å². The summed E-state index contributed by atoms with van der Waals surface area (Å²) in [5.41, 5.74) is 5.79. The number of aldehydes is 2. The standard InChI is InChI=1S/C48H58BrF2N5O3/c1-52-44(59)16-14-35(29-57)45-40(50)26-36(27-41(45)51)55-24-21-47(31-55)19-22-54(23-20-47)28-32-9-11-33(12-10-32)34-13-15-38-43(25-34)56(42-8-6-7-39(49)37(42)30-58)46(53-2)48(38)17-4-3-5-18-48/h6-8,13,15,25-27,29-30,32-33,35H,3-5,9-12,14,16-24,28,31H2,1-2H3,(H,52,59). The van der Waals surface area contributed by atoms with Gasteiger partial charge in [0, 0.05) is 61.8 Å². The van der Waals surface area contributed by atoms with E-state index in [-0.39, 0.29) is 35.1 Å². The number of piperidine rings is 1. The second-order valence-corrected chi connectivity index (χ2v) is 18.9. The number of hydrogen-bond acceptors (Lipinski definition) is 6. The first-order valence-electron chi connectivity index (χ1n) is 21.9. The van der Waals surface area contributed by atoms with E-state index in [9.17, 15) is 14.4 Å². The van der Waals surface area contributed by atoms with Crippen LogP contribution >= 0.6 is 15.9 Å². The van der Waals surface area contributed by atoms with E-state index in [1.807, 2.05) is 19.2 Å². The quantitative estimate of drug-likeness (QED) is 0.193. The molecule has 4 fully saturated rings. The van der Waals surface area contributed by atoms with Crippen molar-refractivity contribution in [2.75, 3.05) is 56.6 Å². The molecule has 1 atom stereocenters. The minimum absolute atomic E-state index is 0.0259. The molecular weight excluding hydrogens is 812 g/mol. The van der Waals surface area contributed by atoms with Gasteiger partial charge in [0.15, 0.2) is 6.29 Å². The van der Waals surface area contributed by atoms with Gasteiger partial charge in [0.1, 0.15) is 23.8 Å². The van der Waals surface area contributed by atoms with Gasteiger partial charge in [0.2, 0.25) is 5.91 Å². The molecule has 2 aliphatic carbocycles. The Labute approximate surface area is 356 Å². The number of carbonyl (C=O) groups is 3. The average molecular weight is 871 g/mol. The molecule has 1 N–H and O–H groups in total. The van der Waals surface area contributed by atoms with Crippen molar-refractivity contribution in [2.24, 2.45) is 16.3 Å². The van der Waals surface area contributed by atoms with Crippen molar-refractivity contribution in [3.63, 3.8) is 0 Å². The first-order valence-corrected chi connectivity index (χ1v) is 22.7.